The van der Waals surface area contributed by atoms with Crippen molar-refractivity contribution in [3.8, 4) is 0 Å². The molecule has 0 bridgehead atoms. The van der Waals surface area contributed by atoms with Crippen LogP contribution in [-0.4, -0.2) is 11.1 Å². The highest BCUT2D eigenvalue weighted by Crippen LogP contribution is 2.19. The van der Waals surface area contributed by atoms with Crippen molar-refractivity contribution in [3.63, 3.8) is 0 Å². The van der Waals surface area contributed by atoms with Crippen LogP contribution in [0.15, 0.2) is 24.3 Å². The molecule has 1 aromatic carbocycles. The molecule has 76 valence electrons. The predicted molar refractivity (Wildman–Crippen MR) is 60.4 cm³/mol. The third-order valence-electron chi connectivity index (χ3n) is 1.30. The Labute approximate surface area is 97.6 Å². The molecule has 14 heavy (non-hydrogen) atoms. The molecule has 0 aliphatic carbocycles. The van der Waals surface area contributed by atoms with E-state index in [1.807, 2.05) is 0 Å². The molecule has 0 fully saturated rings. The fourth-order valence-electron chi connectivity index (χ4n) is 0.839. The summed E-state index contributed by atoms with van der Waals surface area (Å²) < 4.78 is 0. The molecule has 0 aromatic heterocycles. The highest BCUT2D eigenvalue weighted by atomic mass is 35.5. The lowest BCUT2D eigenvalue weighted by atomic mass is 10.2. The van der Waals surface area contributed by atoms with Gasteiger partial charge in [0.2, 0.25) is 0 Å². The minimum atomic E-state index is -1.00. The summed E-state index contributed by atoms with van der Waals surface area (Å²) in [6, 6.07) is 4.85. The van der Waals surface area contributed by atoms with Gasteiger partial charge in [-0.2, -0.15) is 0 Å². The summed E-state index contributed by atoms with van der Waals surface area (Å²) in [5.74, 6) is -1.00. The molecule has 1 N–H and O–H groups in total. The van der Waals surface area contributed by atoms with E-state index in [0.29, 0.717) is 15.6 Å². The molecule has 0 aliphatic rings. The second kappa shape index (κ2) is 5.91. The summed E-state index contributed by atoms with van der Waals surface area (Å²) >= 11 is 11.4. The lowest BCUT2D eigenvalue weighted by molar-refractivity contribution is -0.131. The van der Waals surface area contributed by atoms with Crippen LogP contribution in [0.3, 0.4) is 0 Å². The van der Waals surface area contributed by atoms with E-state index < -0.39 is 5.97 Å². The summed E-state index contributed by atoms with van der Waals surface area (Å²) in [4.78, 5) is 10.2. The number of carboxylic acids is 1. The maximum Gasteiger partial charge on any atom is 0.328 e. The monoisotopic (exact) mass is 252 g/mol. The lowest BCUT2D eigenvalue weighted by Crippen LogP contribution is -1.85. The van der Waals surface area contributed by atoms with E-state index in [1.165, 1.54) is 6.08 Å². The third-order valence-corrected chi connectivity index (χ3v) is 1.74. The second-order valence-corrected chi connectivity index (χ2v) is 3.25. The maximum atomic E-state index is 10.2. The fraction of sp³-hybridized carbons (Fsp3) is 0. The average molecular weight is 254 g/mol. The molecule has 0 radical (unpaired) electrons. The van der Waals surface area contributed by atoms with E-state index in [4.69, 9.17) is 28.3 Å². The fourth-order valence-corrected chi connectivity index (χ4v) is 1.38. The quantitative estimate of drug-likeness (QED) is 0.819. The van der Waals surface area contributed by atoms with Crippen molar-refractivity contribution in [1.29, 1.82) is 0 Å². The van der Waals surface area contributed by atoms with Gasteiger partial charge in [-0.15, -0.1) is 12.4 Å². The van der Waals surface area contributed by atoms with Crippen LogP contribution < -0.4 is 0 Å². The number of hydrogen-bond donors (Lipinski definition) is 1. The summed E-state index contributed by atoms with van der Waals surface area (Å²) in [5.41, 5.74) is 0.667. The van der Waals surface area contributed by atoms with Crippen molar-refractivity contribution in [3.05, 3.63) is 39.9 Å². The van der Waals surface area contributed by atoms with E-state index in [1.54, 1.807) is 18.2 Å². The van der Waals surface area contributed by atoms with Crippen molar-refractivity contribution in [2.75, 3.05) is 0 Å². The normalized spacial score (nSPS) is 9.86. The van der Waals surface area contributed by atoms with E-state index in [0.717, 1.165) is 6.08 Å². The molecule has 2 nitrogen and oxygen atoms in total. The van der Waals surface area contributed by atoms with E-state index in [-0.39, 0.29) is 12.4 Å². The lowest BCUT2D eigenvalue weighted by Gasteiger charge is -1.95. The predicted octanol–water partition coefficient (Wildman–Crippen LogP) is 3.51. The number of rotatable bonds is 2. The summed E-state index contributed by atoms with van der Waals surface area (Å²) in [5, 5.41) is 9.33. The van der Waals surface area contributed by atoms with Gasteiger partial charge in [0, 0.05) is 16.1 Å². The van der Waals surface area contributed by atoms with Crippen molar-refractivity contribution in [2.24, 2.45) is 0 Å². The van der Waals surface area contributed by atoms with Crippen LogP contribution in [0.1, 0.15) is 5.56 Å². The van der Waals surface area contributed by atoms with E-state index >= 15 is 0 Å². The van der Waals surface area contributed by atoms with Gasteiger partial charge in [-0.05, 0) is 29.8 Å². The molecule has 0 amide bonds. The second-order valence-electron chi connectivity index (χ2n) is 2.37. The smallest absolute Gasteiger partial charge is 0.328 e. The molecule has 0 aliphatic heterocycles. The van der Waals surface area contributed by atoms with Crippen molar-refractivity contribution >= 4 is 47.7 Å². The van der Waals surface area contributed by atoms with Crippen LogP contribution in [-0.2, 0) is 4.79 Å². The Morgan fingerprint density at radius 1 is 1.21 bits per heavy atom. The number of hydrogen-bond acceptors (Lipinski definition) is 1. The Bertz CT molecular complexity index is 341. The topological polar surface area (TPSA) is 37.3 Å². The van der Waals surface area contributed by atoms with Gasteiger partial charge >= 0.3 is 5.97 Å². The Morgan fingerprint density at radius 3 is 2.14 bits per heavy atom. The van der Waals surface area contributed by atoms with Crippen LogP contribution in [0.5, 0.6) is 0 Å². The first-order valence-electron chi connectivity index (χ1n) is 3.45. The van der Waals surface area contributed by atoms with Crippen LogP contribution in [0.4, 0.5) is 0 Å². The minimum absolute atomic E-state index is 0. The first-order valence-corrected chi connectivity index (χ1v) is 4.20. The molecule has 0 unspecified atom stereocenters. The molecule has 5 heteroatoms. The van der Waals surface area contributed by atoms with Crippen molar-refractivity contribution in [2.45, 2.75) is 0 Å². The first kappa shape index (κ1) is 13.3. The number of halogens is 3. The number of benzene rings is 1. The molecule has 0 spiro atoms. The molecule has 1 aromatic rings. The summed E-state index contributed by atoms with van der Waals surface area (Å²) in [6.45, 7) is 0. The zero-order valence-corrected chi connectivity index (χ0v) is 9.23. The average Bonchev–Trinajstić information content (AvgIpc) is 1.99. The van der Waals surface area contributed by atoms with Gasteiger partial charge in [0.15, 0.2) is 0 Å². The standard InChI is InChI=1S/C9H6Cl2O2.ClH/c10-7-3-6(1-2-9(12)13)4-8(11)5-7;/h1-5H,(H,12,13);1H. The minimum Gasteiger partial charge on any atom is -0.478 e. The van der Waals surface area contributed by atoms with Crippen LogP contribution >= 0.6 is 35.6 Å². The first-order chi connectivity index (χ1) is 6.08. The summed E-state index contributed by atoms with van der Waals surface area (Å²) in [7, 11) is 0. The molecule has 0 atom stereocenters. The zero-order chi connectivity index (χ0) is 9.84. The zero-order valence-electron chi connectivity index (χ0n) is 6.91. The Balaban J connectivity index is 0.00000169. The largest absolute Gasteiger partial charge is 0.478 e. The maximum absolute atomic E-state index is 10.2. The molecule has 0 saturated carbocycles. The third kappa shape index (κ3) is 4.51. The van der Waals surface area contributed by atoms with Crippen LogP contribution in [0, 0.1) is 0 Å². The molecule has 1 rings (SSSR count). The van der Waals surface area contributed by atoms with Crippen molar-refractivity contribution in [1.82, 2.24) is 0 Å². The number of aliphatic carboxylic acids is 1. The molecule has 0 saturated heterocycles. The molecular formula is C9H7Cl3O2. The van der Waals surface area contributed by atoms with Gasteiger partial charge in [-0.25, -0.2) is 4.79 Å². The Kier molecular flexibility index (Phi) is 5.62. The van der Waals surface area contributed by atoms with Gasteiger partial charge in [0.05, 0.1) is 0 Å². The van der Waals surface area contributed by atoms with Gasteiger partial charge in [0.1, 0.15) is 0 Å². The number of carboxylic acid groups (broad SMARTS) is 1. The van der Waals surface area contributed by atoms with Crippen LogP contribution in [0.2, 0.25) is 10.0 Å². The Morgan fingerprint density at radius 2 is 1.71 bits per heavy atom. The van der Waals surface area contributed by atoms with Crippen molar-refractivity contribution < 1.29 is 9.90 Å². The van der Waals surface area contributed by atoms with Gasteiger partial charge in [-0.1, -0.05) is 23.2 Å². The highest BCUT2D eigenvalue weighted by Gasteiger charge is 1.95. The van der Waals surface area contributed by atoms with Gasteiger partial charge < -0.3 is 5.11 Å². The van der Waals surface area contributed by atoms with E-state index in [2.05, 4.69) is 0 Å². The van der Waals surface area contributed by atoms with E-state index in [9.17, 15) is 4.79 Å². The molecule has 0 heterocycles. The Hall–Kier alpha value is -0.700. The molecular weight excluding hydrogens is 246 g/mol. The highest BCUT2D eigenvalue weighted by molar-refractivity contribution is 6.34. The van der Waals surface area contributed by atoms with Gasteiger partial charge in [-0.3, -0.25) is 0 Å². The SMILES string of the molecule is Cl.O=C(O)C=Cc1cc(Cl)cc(Cl)c1. The van der Waals surface area contributed by atoms with Crippen LogP contribution in [0.25, 0.3) is 6.08 Å². The number of carbonyl (C=O) groups is 1. The summed E-state index contributed by atoms with van der Waals surface area (Å²) in [6.07, 6.45) is 2.46. The van der Waals surface area contributed by atoms with Gasteiger partial charge in [0.25, 0.3) is 0 Å².